The minimum atomic E-state index is 0.173. The predicted molar refractivity (Wildman–Crippen MR) is 69.2 cm³/mol. The van der Waals surface area contributed by atoms with Crippen molar-refractivity contribution in [2.75, 3.05) is 6.54 Å². The van der Waals surface area contributed by atoms with E-state index in [1.54, 1.807) is 0 Å². The largest absolute Gasteiger partial charge is 0.370 e. The maximum atomic E-state index is 4.25. The lowest BCUT2D eigenvalue weighted by molar-refractivity contribution is 0.253. The molecule has 0 N–H and O–H groups in total. The normalized spacial score (nSPS) is 15.8. The number of rotatable bonds is 1. The number of allylic oxidation sites excluding steroid dienone is 1. The zero-order valence-electron chi connectivity index (χ0n) is 10.6. The lowest BCUT2D eigenvalue weighted by Crippen LogP contribution is -2.34. The molecule has 0 amide bonds. The van der Waals surface area contributed by atoms with Crippen LogP contribution in [0.15, 0.2) is 36.5 Å². The highest BCUT2D eigenvalue weighted by atomic mass is 15.1. The molecule has 0 bridgehead atoms. The Labute approximate surface area is 98.8 Å². The monoisotopic (exact) mass is 215 g/mol. The highest BCUT2D eigenvalue weighted by molar-refractivity contribution is 5.30. The minimum absolute atomic E-state index is 0.173. The highest BCUT2D eigenvalue weighted by Gasteiger charge is 2.23. The maximum Gasteiger partial charge on any atom is 0.0429 e. The van der Waals surface area contributed by atoms with E-state index in [1.807, 2.05) is 0 Å². The molecular weight excluding hydrogens is 194 g/mol. The molecule has 0 unspecified atom stereocenters. The van der Waals surface area contributed by atoms with Gasteiger partial charge in [0.05, 0.1) is 0 Å². The van der Waals surface area contributed by atoms with Gasteiger partial charge in [-0.1, -0.05) is 51.6 Å². The van der Waals surface area contributed by atoms with Crippen LogP contribution in [0.4, 0.5) is 0 Å². The molecule has 86 valence electrons. The third kappa shape index (κ3) is 2.13. The fourth-order valence-corrected chi connectivity index (χ4v) is 2.20. The molecule has 0 spiro atoms. The van der Waals surface area contributed by atoms with E-state index in [2.05, 4.69) is 56.5 Å². The van der Waals surface area contributed by atoms with Gasteiger partial charge < -0.3 is 4.90 Å². The maximum absolute atomic E-state index is 4.25. The van der Waals surface area contributed by atoms with Gasteiger partial charge in [0.25, 0.3) is 0 Å². The molecule has 0 radical (unpaired) electrons. The Hall–Kier alpha value is -1.24. The molecule has 1 aliphatic heterocycles. The van der Waals surface area contributed by atoms with E-state index in [-0.39, 0.29) is 5.41 Å². The number of nitrogens with zero attached hydrogens (tertiary/aromatic N) is 1. The van der Waals surface area contributed by atoms with Crippen LogP contribution >= 0.6 is 0 Å². The molecule has 2 rings (SSSR count). The van der Waals surface area contributed by atoms with Crippen molar-refractivity contribution in [2.45, 2.75) is 33.7 Å². The van der Waals surface area contributed by atoms with Gasteiger partial charge in [-0.2, -0.15) is 0 Å². The van der Waals surface area contributed by atoms with Crippen molar-refractivity contribution in [3.05, 3.63) is 47.7 Å². The molecule has 0 saturated carbocycles. The number of hydrogen-bond donors (Lipinski definition) is 0. The molecule has 1 aromatic rings. The van der Waals surface area contributed by atoms with Crippen LogP contribution in [-0.2, 0) is 13.0 Å². The van der Waals surface area contributed by atoms with Crippen molar-refractivity contribution >= 4 is 0 Å². The van der Waals surface area contributed by atoms with E-state index >= 15 is 0 Å². The predicted octanol–water partition coefficient (Wildman–Crippen LogP) is 3.60. The Morgan fingerprint density at radius 2 is 1.81 bits per heavy atom. The summed E-state index contributed by atoms with van der Waals surface area (Å²) in [5.41, 5.74) is 4.38. The highest BCUT2D eigenvalue weighted by Crippen LogP contribution is 2.30. The number of benzene rings is 1. The van der Waals surface area contributed by atoms with E-state index < -0.39 is 0 Å². The lowest BCUT2D eigenvalue weighted by atomic mass is 9.89. The van der Waals surface area contributed by atoms with Gasteiger partial charge in [0.2, 0.25) is 0 Å². The smallest absolute Gasteiger partial charge is 0.0429 e. The summed E-state index contributed by atoms with van der Waals surface area (Å²) in [4.78, 5) is 2.42. The summed E-state index contributed by atoms with van der Waals surface area (Å²) in [7, 11) is 0. The lowest BCUT2D eigenvalue weighted by Gasteiger charge is -2.37. The quantitative estimate of drug-likeness (QED) is 0.692. The van der Waals surface area contributed by atoms with Crippen LogP contribution in [0.1, 0.15) is 31.9 Å². The van der Waals surface area contributed by atoms with Crippen LogP contribution in [0, 0.1) is 5.41 Å². The molecule has 0 atom stereocenters. The van der Waals surface area contributed by atoms with Gasteiger partial charge in [-0.15, -0.1) is 0 Å². The van der Waals surface area contributed by atoms with Gasteiger partial charge in [-0.05, 0) is 17.5 Å². The van der Waals surface area contributed by atoms with E-state index in [4.69, 9.17) is 0 Å². The van der Waals surface area contributed by atoms with Crippen LogP contribution in [0.3, 0.4) is 0 Å². The molecule has 16 heavy (non-hydrogen) atoms. The van der Waals surface area contributed by atoms with Crippen LogP contribution < -0.4 is 0 Å². The molecule has 1 heteroatoms. The van der Waals surface area contributed by atoms with Crippen molar-refractivity contribution in [1.82, 2.24) is 4.90 Å². The molecule has 1 nitrogen and oxygen atoms in total. The summed E-state index contributed by atoms with van der Waals surface area (Å²) < 4.78 is 0. The van der Waals surface area contributed by atoms with Crippen molar-refractivity contribution in [3.63, 3.8) is 0 Å². The topological polar surface area (TPSA) is 3.24 Å². The van der Waals surface area contributed by atoms with Gasteiger partial charge in [0, 0.05) is 24.2 Å². The molecule has 1 aliphatic rings. The molecule has 0 saturated heterocycles. The van der Waals surface area contributed by atoms with Crippen molar-refractivity contribution in [3.8, 4) is 0 Å². The summed E-state index contributed by atoms with van der Waals surface area (Å²) in [6, 6.07) is 8.74. The molecule has 0 aliphatic carbocycles. The first-order valence-corrected chi connectivity index (χ1v) is 5.99. The van der Waals surface area contributed by atoms with Crippen LogP contribution in [-0.4, -0.2) is 11.4 Å². The third-order valence-corrected chi connectivity index (χ3v) is 3.38. The molecule has 1 aromatic carbocycles. The second kappa shape index (κ2) is 3.97. The first-order chi connectivity index (χ1) is 7.48. The first-order valence-electron chi connectivity index (χ1n) is 5.99. The average Bonchev–Trinajstić information content (AvgIpc) is 2.26. The summed E-state index contributed by atoms with van der Waals surface area (Å²) in [6.45, 7) is 13.1. The fraction of sp³-hybridized carbons (Fsp3) is 0.467. The zero-order chi connectivity index (χ0) is 11.8. The summed E-state index contributed by atoms with van der Waals surface area (Å²) in [5.74, 6) is 0. The Balaban J connectivity index is 2.17. The second-order valence-electron chi connectivity index (χ2n) is 5.64. The summed E-state index contributed by atoms with van der Waals surface area (Å²) in [6.07, 6.45) is 1.14. The van der Waals surface area contributed by atoms with Gasteiger partial charge in [-0.25, -0.2) is 0 Å². The fourth-order valence-electron chi connectivity index (χ4n) is 2.20. The number of fused-ring (bicyclic) bond motifs is 1. The summed E-state index contributed by atoms with van der Waals surface area (Å²) in [5, 5.41) is 0. The first kappa shape index (κ1) is 11.3. The Morgan fingerprint density at radius 3 is 2.44 bits per heavy atom. The van der Waals surface area contributed by atoms with E-state index in [1.165, 1.54) is 16.8 Å². The summed E-state index contributed by atoms with van der Waals surface area (Å²) >= 11 is 0. The van der Waals surface area contributed by atoms with Gasteiger partial charge in [0.15, 0.2) is 0 Å². The van der Waals surface area contributed by atoms with Crippen LogP contribution in [0.5, 0.6) is 0 Å². The SMILES string of the molecule is C=C(N1CCc2ccccc2C1)C(C)(C)C. The average molecular weight is 215 g/mol. The standard InChI is InChI=1S/C15H21N/c1-12(15(2,3)4)16-10-9-13-7-5-6-8-14(13)11-16/h5-8H,1,9-11H2,2-4H3. The van der Waals surface area contributed by atoms with Gasteiger partial charge in [0.1, 0.15) is 0 Å². The van der Waals surface area contributed by atoms with Crippen molar-refractivity contribution in [2.24, 2.45) is 5.41 Å². The molecule has 0 aromatic heterocycles. The van der Waals surface area contributed by atoms with E-state index in [0.717, 1.165) is 19.5 Å². The van der Waals surface area contributed by atoms with Gasteiger partial charge in [-0.3, -0.25) is 0 Å². The molecular formula is C15H21N. The Kier molecular flexibility index (Phi) is 2.79. The Bertz CT molecular complexity index is 398. The minimum Gasteiger partial charge on any atom is -0.370 e. The molecule has 0 fully saturated rings. The molecule has 1 heterocycles. The van der Waals surface area contributed by atoms with Gasteiger partial charge >= 0.3 is 0 Å². The zero-order valence-corrected chi connectivity index (χ0v) is 10.6. The Morgan fingerprint density at radius 1 is 1.19 bits per heavy atom. The van der Waals surface area contributed by atoms with Crippen molar-refractivity contribution < 1.29 is 0 Å². The second-order valence-corrected chi connectivity index (χ2v) is 5.64. The van der Waals surface area contributed by atoms with E-state index in [0.29, 0.717) is 0 Å². The number of hydrogen-bond acceptors (Lipinski definition) is 1. The van der Waals surface area contributed by atoms with Crippen LogP contribution in [0.25, 0.3) is 0 Å². The van der Waals surface area contributed by atoms with Crippen LogP contribution in [0.2, 0.25) is 0 Å². The third-order valence-electron chi connectivity index (χ3n) is 3.38. The van der Waals surface area contributed by atoms with E-state index in [9.17, 15) is 0 Å². The van der Waals surface area contributed by atoms with Crippen molar-refractivity contribution in [1.29, 1.82) is 0 Å².